The lowest BCUT2D eigenvalue weighted by atomic mass is 10.1. The van der Waals surface area contributed by atoms with E-state index in [4.69, 9.17) is 5.11 Å². The second kappa shape index (κ2) is 6.45. The highest BCUT2D eigenvalue weighted by Gasteiger charge is 2.08. The van der Waals surface area contributed by atoms with E-state index in [1.165, 1.54) is 24.3 Å². The smallest absolute Gasteiger partial charge is 0.335 e. The molecule has 0 saturated heterocycles. The second-order valence-electron chi connectivity index (χ2n) is 4.91. The molecule has 1 N–H and O–H groups in total. The Kier molecular flexibility index (Phi) is 4.65. The number of aromatic carboxylic acids is 1. The summed E-state index contributed by atoms with van der Waals surface area (Å²) >= 11 is 0. The lowest BCUT2D eigenvalue weighted by Gasteiger charge is -2.17. The summed E-state index contributed by atoms with van der Waals surface area (Å²) in [5, 5.41) is 8.82. The van der Waals surface area contributed by atoms with Crippen molar-refractivity contribution in [3.63, 3.8) is 0 Å². The SMILES string of the molecule is CN(Cc1ccc(C(=O)O)cc1)Cc1ccc(F)cc1F. The van der Waals surface area contributed by atoms with Gasteiger partial charge in [-0.3, -0.25) is 4.90 Å². The van der Waals surface area contributed by atoms with Crippen molar-refractivity contribution in [2.45, 2.75) is 13.1 Å². The van der Waals surface area contributed by atoms with Gasteiger partial charge in [-0.15, -0.1) is 0 Å². The van der Waals surface area contributed by atoms with E-state index in [1.54, 1.807) is 12.1 Å². The highest BCUT2D eigenvalue weighted by atomic mass is 19.1. The van der Waals surface area contributed by atoms with Gasteiger partial charge < -0.3 is 5.11 Å². The number of carboxylic acids is 1. The van der Waals surface area contributed by atoms with Crippen molar-refractivity contribution < 1.29 is 18.7 Å². The Balaban J connectivity index is 2.01. The first kappa shape index (κ1) is 15.1. The molecule has 5 heteroatoms. The van der Waals surface area contributed by atoms with Gasteiger partial charge in [0.05, 0.1) is 5.56 Å². The number of carboxylic acid groups (broad SMARTS) is 1. The molecule has 0 amide bonds. The normalized spacial score (nSPS) is 10.9. The molecule has 0 unspecified atom stereocenters. The quantitative estimate of drug-likeness (QED) is 0.919. The molecule has 2 rings (SSSR count). The molecule has 0 atom stereocenters. The minimum atomic E-state index is -0.969. The average Bonchev–Trinajstić information content (AvgIpc) is 2.42. The van der Waals surface area contributed by atoms with E-state index in [2.05, 4.69) is 0 Å². The first-order chi connectivity index (χ1) is 9.95. The first-order valence-electron chi connectivity index (χ1n) is 6.40. The van der Waals surface area contributed by atoms with E-state index in [0.717, 1.165) is 11.6 Å². The topological polar surface area (TPSA) is 40.5 Å². The van der Waals surface area contributed by atoms with E-state index < -0.39 is 17.6 Å². The number of benzene rings is 2. The van der Waals surface area contributed by atoms with Crippen molar-refractivity contribution in [2.75, 3.05) is 7.05 Å². The Morgan fingerprint density at radius 2 is 1.76 bits per heavy atom. The average molecular weight is 291 g/mol. The molecule has 21 heavy (non-hydrogen) atoms. The fraction of sp³-hybridized carbons (Fsp3) is 0.188. The molecular weight excluding hydrogens is 276 g/mol. The van der Waals surface area contributed by atoms with Gasteiger partial charge in [0.15, 0.2) is 0 Å². The molecule has 0 spiro atoms. The van der Waals surface area contributed by atoms with Gasteiger partial charge in [0.2, 0.25) is 0 Å². The van der Waals surface area contributed by atoms with Crippen molar-refractivity contribution in [3.05, 3.63) is 70.8 Å². The number of carbonyl (C=O) groups is 1. The largest absolute Gasteiger partial charge is 0.478 e. The van der Waals surface area contributed by atoms with Crippen LogP contribution in [0.1, 0.15) is 21.5 Å². The minimum Gasteiger partial charge on any atom is -0.478 e. The summed E-state index contributed by atoms with van der Waals surface area (Å²) in [4.78, 5) is 12.6. The minimum absolute atomic E-state index is 0.228. The lowest BCUT2D eigenvalue weighted by Crippen LogP contribution is -2.18. The molecule has 0 radical (unpaired) electrons. The molecular formula is C16H15F2NO2. The van der Waals surface area contributed by atoms with Crippen LogP contribution in [0.15, 0.2) is 42.5 Å². The Hall–Kier alpha value is -2.27. The van der Waals surface area contributed by atoms with Gasteiger partial charge in [-0.25, -0.2) is 13.6 Å². The highest BCUT2D eigenvalue weighted by molar-refractivity contribution is 5.87. The summed E-state index contributed by atoms with van der Waals surface area (Å²) in [5.41, 5.74) is 1.57. The Bertz CT molecular complexity index is 641. The number of nitrogens with zero attached hydrogens (tertiary/aromatic N) is 1. The molecule has 0 heterocycles. The van der Waals surface area contributed by atoms with Crippen LogP contribution >= 0.6 is 0 Å². The maximum Gasteiger partial charge on any atom is 0.335 e. The number of hydrogen-bond donors (Lipinski definition) is 1. The van der Waals surface area contributed by atoms with Gasteiger partial charge in [-0.2, -0.15) is 0 Å². The standard InChI is InChI=1S/C16H15F2NO2/c1-19(10-13-6-7-14(17)8-15(13)18)9-11-2-4-12(5-3-11)16(20)21/h2-8H,9-10H2,1H3,(H,20,21). The summed E-state index contributed by atoms with van der Waals surface area (Å²) in [5.74, 6) is -2.13. The molecule has 2 aromatic rings. The zero-order valence-corrected chi connectivity index (χ0v) is 11.5. The molecule has 0 aliphatic heterocycles. The summed E-state index contributed by atoms with van der Waals surface area (Å²) in [6, 6.07) is 10.0. The van der Waals surface area contributed by atoms with Gasteiger partial charge in [0.1, 0.15) is 11.6 Å². The maximum atomic E-state index is 13.6. The van der Waals surface area contributed by atoms with Gasteiger partial charge >= 0.3 is 5.97 Å². The molecule has 0 bridgehead atoms. The van der Waals surface area contributed by atoms with Crippen LogP contribution in [0.2, 0.25) is 0 Å². The third kappa shape index (κ3) is 4.10. The first-order valence-corrected chi connectivity index (χ1v) is 6.40. The molecule has 0 aromatic heterocycles. The Morgan fingerprint density at radius 1 is 1.10 bits per heavy atom. The molecule has 3 nitrogen and oxygen atoms in total. The summed E-state index contributed by atoms with van der Waals surface area (Å²) in [6.07, 6.45) is 0. The maximum absolute atomic E-state index is 13.6. The van der Waals surface area contributed by atoms with Crippen LogP contribution in [0.3, 0.4) is 0 Å². The van der Waals surface area contributed by atoms with E-state index in [9.17, 15) is 13.6 Å². The predicted molar refractivity (Wildman–Crippen MR) is 74.9 cm³/mol. The second-order valence-corrected chi connectivity index (χ2v) is 4.91. The highest BCUT2D eigenvalue weighted by Crippen LogP contribution is 2.13. The van der Waals surface area contributed by atoms with Crippen molar-refractivity contribution in [3.8, 4) is 0 Å². The lowest BCUT2D eigenvalue weighted by molar-refractivity contribution is 0.0697. The van der Waals surface area contributed by atoms with Crippen LogP contribution in [0, 0.1) is 11.6 Å². The molecule has 0 aliphatic rings. The van der Waals surface area contributed by atoms with Crippen molar-refractivity contribution in [1.29, 1.82) is 0 Å². The van der Waals surface area contributed by atoms with Crippen LogP contribution in [0.5, 0.6) is 0 Å². The molecule has 110 valence electrons. The third-order valence-electron chi connectivity index (χ3n) is 3.11. The third-order valence-corrected chi connectivity index (χ3v) is 3.11. The van der Waals surface area contributed by atoms with Crippen molar-refractivity contribution >= 4 is 5.97 Å². The molecule has 0 fully saturated rings. The number of halogens is 2. The summed E-state index contributed by atoms with van der Waals surface area (Å²) in [6.45, 7) is 0.878. The van der Waals surface area contributed by atoms with Gasteiger partial charge in [-0.05, 0) is 30.8 Å². The Morgan fingerprint density at radius 3 is 2.33 bits per heavy atom. The number of hydrogen-bond acceptors (Lipinski definition) is 2. The summed E-state index contributed by atoms with van der Waals surface area (Å²) in [7, 11) is 1.81. The predicted octanol–water partition coefficient (Wildman–Crippen LogP) is 3.30. The van der Waals surface area contributed by atoms with E-state index in [-0.39, 0.29) is 5.56 Å². The van der Waals surface area contributed by atoms with Crippen LogP contribution in [-0.4, -0.2) is 23.0 Å². The molecule has 2 aromatic carbocycles. The monoisotopic (exact) mass is 291 g/mol. The zero-order chi connectivity index (χ0) is 15.4. The zero-order valence-electron chi connectivity index (χ0n) is 11.5. The number of rotatable bonds is 5. The van der Waals surface area contributed by atoms with Crippen LogP contribution in [0.4, 0.5) is 8.78 Å². The molecule has 0 saturated carbocycles. The van der Waals surface area contributed by atoms with Crippen LogP contribution < -0.4 is 0 Å². The van der Waals surface area contributed by atoms with Crippen LogP contribution in [-0.2, 0) is 13.1 Å². The molecule has 0 aliphatic carbocycles. The van der Waals surface area contributed by atoms with Gasteiger partial charge in [0.25, 0.3) is 0 Å². The van der Waals surface area contributed by atoms with E-state index in [0.29, 0.717) is 18.7 Å². The summed E-state index contributed by atoms with van der Waals surface area (Å²) < 4.78 is 26.4. The van der Waals surface area contributed by atoms with Crippen molar-refractivity contribution in [2.24, 2.45) is 0 Å². The van der Waals surface area contributed by atoms with E-state index in [1.807, 2.05) is 11.9 Å². The fourth-order valence-electron chi connectivity index (χ4n) is 2.06. The van der Waals surface area contributed by atoms with E-state index >= 15 is 0 Å². The van der Waals surface area contributed by atoms with Crippen LogP contribution in [0.25, 0.3) is 0 Å². The Labute approximate surface area is 121 Å². The fourth-order valence-corrected chi connectivity index (χ4v) is 2.06. The van der Waals surface area contributed by atoms with Crippen molar-refractivity contribution in [1.82, 2.24) is 4.90 Å². The van der Waals surface area contributed by atoms with Gasteiger partial charge in [0, 0.05) is 24.7 Å². The van der Waals surface area contributed by atoms with Gasteiger partial charge in [-0.1, -0.05) is 18.2 Å².